The Morgan fingerprint density at radius 1 is 1.12 bits per heavy atom. The molecule has 0 aromatic heterocycles. The SMILES string of the molecule is CC(C)C[C@@H](Cc1ccccc1)S(C)(=O)=O. The quantitative estimate of drug-likeness (QED) is 0.793. The predicted octanol–water partition coefficient (Wildman–Crippen LogP) is 2.69. The van der Waals surface area contributed by atoms with Crippen LogP contribution in [0.5, 0.6) is 0 Å². The van der Waals surface area contributed by atoms with Gasteiger partial charge in [-0.15, -0.1) is 0 Å². The topological polar surface area (TPSA) is 34.1 Å². The van der Waals surface area contributed by atoms with Crippen LogP contribution in [0.3, 0.4) is 0 Å². The Morgan fingerprint density at radius 3 is 2.12 bits per heavy atom. The van der Waals surface area contributed by atoms with Crippen molar-refractivity contribution < 1.29 is 8.42 Å². The van der Waals surface area contributed by atoms with Crippen molar-refractivity contribution in [1.29, 1.82) is 0 Å². The molecular formula is C13H20O2S. The van der Waals surface area contributed by atoms with Gasteiger partial charge in [-0.2, -0.15) is 0 Å². The van der Waals surface area contributed by atoms with Crippen LogP contribution in [-0.2, 0) is 16.3 Å². The van der Waals surface area contributed by atoms with Crippen LogP contribution in [0.15, 0.2) is 30.3 Å². The molecule has 0 heterocycles. The number of sulfone groups is 1. The largest absolute Gasteiger partial charge is 0.229 e. The average Bonchev–Trinajstić information content (AvgIpc) is 2.16. The highest BCUT2D eigenvalue weighted by Crippen LogP contribution is 2.17. The Bertz CT molecular complexity index is 407. The molecule has 0 amide bonds. The molecule has 90 valence electrons. The van der Waals surface area contributed by atoms with Crippen LogP contribution in [0.2, 0.25) is 0 Å². The lowest BCUT2D eigenvalue weighted by Crippen LogP contribution is -2.24. The first-order valence-electron chi connectivity index (χ1n) is 5.62. The summed E-state index contributed by atoms with van der Waals surface area (Å²) in [5, 5.41) is -0.255. The second-order valence-electron chi connectivity index (χ2n) is 4.77. The smallest absolute Gasteiger partial charge is 0.150 e. The van der Waals surface area contributed by atoms with Crippen LogP contribution in [0.25, 0.3) is 0 Å². The molecule has 0 aliphatic heterocycles. The summed E-state index contributed by atoms with van der Waals surface area (Å²) in [7, 11) is -2.96. The van der Waals surface area contributed by atoms with E-state index < -0.39 is 9.84 Å². The van der Waals surface area contributed by atoms with Crippen LogP contribution >= 0.6 is 0 Å². The highest BCUT2D eigenvalue weighted by molar-refractivity contribution is 7.91. The molecule has 0 spiro atoms. The molecule has 0 unspecified atom stereocenters. The van der Waals surface area contributed by atoms with Gasteiger partial charge in [-0.1, -0.05) is 44.2 Å². The van der Waals surface area contributed by atoms with E-state index in [1.54, 1.807) is 0 Å². The number of hydrogen-bond acceptors (Lipinski definition) is 2. The first-order valence-corrected chi connectivity index (χ1v) is 7.58. The van der Waals surface area contributed by atoms with Crippen LogP contribution in [-0.4, -0.2) is 19.9 Å². The Hall–Kier alpha value is -0.830. The fourth-order valence-corrected chi connectivity index (χ4v) is 3.04. The molecule has 0 bridgehead atoms. The summed E-state index contributed by atoms with van der Waals surface area (Å²) in [6.07, 6.45) is 2.69. The van der Waals surface area contributed by atoms with Crippen LogP contribution in [0.4, 0.5) is 0 Å². The van der Waals surface area contributed by atoms with E-state index in [0.717, 1.165) is 12.0 Å². The van der Waals surface area contributed by atoms with E-state index in [0.29, 0.717) is 12.3 Å². The summed E-state index contributed by atoms with van der Waals surface area (Å²) >= 11 is 0. The van der Waals surface area contributed by atoms with Crippen LogP contribution < -0.4 is 0 Å². The highest BCUT2D eigenvalue weighted by Gasteiger charge is 2.21. The molecule has 0 saturated heterocycles. The third-order valence-corrected chi connectivity index (χ3v) is 4.22. The molecule has 1 rings (SSSR count). The minimum Gasteiger partial charge on any atom is -0.229 e. The lowest BCUT2D eigenvalue weighted by Gasteiger charge is -2.17. The van der Waals surface area contributed by atoms with Gasteiger partial charge in [0.05, 0.1) is 5.25 Å². The van der Waals surface area contributed by atoms with Crippen LogP contribution in [0, 0.1) is 5.92 Å². The monoisotopic (exact) mass is 240 g/mol. The van der Waals surface area contributed by atoms with Gasteiger partial charge in [-0.25, -0.2) is 8.42 Å². The molecule has 1 atom stereocenters. The molecule has 0 radical (unpaired) electrons. The molecule has 3 heteroatoms. The molecule has 1 aromatic rings. The Morgan fingerprint density at radius 2 is 1.69 bits per heavy atom. The van der Waals surface area contributed by atoms with Crippen molar-refractivity contribution >= 4 is 9.84 Å². The maximum Gasteiger partial charge on any atom is 0.150 e. The van der Waals surface area contributed by atoms with Crippen molar-refractivity contribution in [2.75, 3.05) is 6.26 Å². The second kappa shape index (κ2) is 5.48. The van der Waals surface area contributed by atoms with Crippen LogP contribution in [0.1, 0.15) is 25.8 Å². The maximum absolute atomic E-state index is 11.7. The molecule has 0 aliphatic rings. The van der Waals surface area contributed by atoms with E-state index in [9.17, 15) is 8.42 Å². The summed E-state index contributed by atoms with van der Waals surface area (Å²) in [6, 6.07) is 9.81. The Balaban J connectivity index is 2.80. The van der Waals surface area contributed by atoms with E-state index in [-0.39, 0.29) is 5.25 Å². The van der Waals surface area contributed by atoms with Crippen molar-refractivity contribution in [2.45, 2.75) is 31.9 Å². The summed E-state index contributed by atoms with van der Waals surface area (Å²) in [6.45, 7) is 4.12. The number of benzene rings is 1. The number of rotatable bonds is 5. The molecule has 0 N–H and O–H groups in total. The Kier molecular flexibility index (Phi) is 4.54. The van der Waals surface area contributed by atoms with Gasteiger partial charge in [0, 0.05) is 6.26 Å². The highest BCUT2D eigenvalue weighted by atomic mass is 32.2. The van der Waals surface area contributed by atoms with Crippen molar-refractivity contribution in [2.24, 2.45) is 5.92 Å². The minimum absolute atomic E-state index is 0.255. The zero-order valence-electron chi connectivity index (χ0n) is 10.2. The zero-order chi connectivity index (χ0) is 12.2. The van der Waals surface area contributed by atoms with Gasteiger partial charge in [0.25, 0.3) is 0 Å². The van der Waals surface area contributed by atoms with Crippen molar-refractivity contribution in [3.63, 3.8) is 0 Å². The number of hydrogen-bond donors (Lipinski definition) is 0. The van der Waals surface area contributed by atoms with E-state index in [1.807, 2.05) is 30.3 Å². The summed E-state index contributed by atoms with van der Waals surface area (Å²) in [5.74, 6) is 0.406. The first-order chi connectivity index (χ1) is 7.39. The molecule has 0 fully saturated rings. The summed E-state index contributed by atoms with van der Waals surface area (Å²) in [4.78, 5) is 0. The third kappa shape index (κ3) is 4.35. The molecule has 2 nitrogen and oxygen atoms in total. The van der Waals surface area contributed by atoms with Gasteiger partial charge in [0.15, 0.2) is 9.84 Å². The van der Waals surface area contributed by atoms with Crippen molar-refractivity contribution in [3.05, 3.63) is 35.9 Å². The van der Waals surface area contributed by atoms with Gasteiger partial charge in [-0.3, -0.25) is 0 Å². The van der Waals surface area contributed by atoms with E-state index in [1.165, 1.54) is 6.26 Å². The van der Waals surface area contributed by atoms with Crippen molar-refractivity contribution in [1.82, 2.24) is 0 Å². The fourth-order valence-electron chi connectivity index (χ4n) is 1.81. The summed E-state index contributed by atoms with van der Waals surface area (Å²) < 4.78 is 23.3. The molecular weight excluding hydrogens is 220 g/mol. The molecule has 16 heavy (non-hydrogen) atoms. The van der Waals surface area contributed by atoms with Gasteiger partial charge in [0.2, 0.25) is 0 Å². The predicted molar refractivity (Wildman–Crippen MR) is 68.2 cm³/mol. The lowest BCUT2D eigenvalue weighted by molar-refractivity contribution is 0.525. The molecule has 1 aromatic carbocycles. The Labute approximate surface area is 98.6 Å². The standard InChI is InChI=1S/C13H20O2S/c1-11(2)9-13(16(3,14)15)10-12-7-5-4-6-8-12/h4-8,11,13H,9-10H2,1-3H3/t13-/m0/s1. The van der Waals surface area contributed by atoms with E-state index in [2.05, 4.69) is 13.8 Å². The normalized spacial score (nSPS) is 14.0. The molecule has 0 saturated carbocycles. The third-order valence-electron chi connectivity index (χ3n) is 2.65. The van der Waals surface area contributed by atoms with Gasteiger partial charge in [-0.05, 0) is 24.3 Å². The van der Waals surface area contributed by atoms with Gasteiger partial charge >= 0.3 is 0 Å². The lowest BCUT2D eigenvalue weighted by atomic mass is 10.0. The zero-order valence-corrected chi connectivity index (χ0v) is 11.0. The van der Waals surface area contributed by atoms with E-state index >= 15 is 0 Å². The van der Waals surface area contributed by atoms with Gasteiger partial charge < -0.3 is 0 Å². The average molecular weight is 240 g/mol. The minimum atomic E-state index is -2.96. The van der Waals surface area contributed by atoms with Gasteiger partial charge in [0.1, 0.15) is 0 Å². The fraction of sp³-hybridized carbons (Fsp3) is 0.538. The maximum atomic E-state index is 11.7. The van der Waals surface area contributed by atoms with E-state index in [4.69, 9.17) is 0 Å². The summed E-state index contributed by atoms with van der Waals surface area (Å²) in [5.41, 5.74) is 1.10. The molecule has 0 aliphatic carbocycles. The van der Waals surface area contributed by atoms with Crippen molar-refractivity contribution in [3.8, 4) is 0 Å². The second-order valence-corrected chi connectivity index (χ2v) is 7.10. The first kappa shape index (κ1) is 13.2.